The minimum absolute atomic E-state index is 0.195. The van der Waals surface area contributed by atoms with Gasteiger partial charge >= 0.3 is 0 Å². The molecule has 1 aromatic heterocycles. The van der Waals surface area contributed by atoms with Crippen LogP contribution in [0.5, 0.6) is 0 Å². The Morgan fingerprint density at radius 2 is 2.25 bits per heavy atom. The second-order valence-corrected chi connectivity index (χ2v) is 4.29. The van der Waals surface area contributed by atoms with Gasteiger partial charge in [-0.15, -0.1) is 5.10 Å². The Morgan fingerprint density at radius 1 is 1.50 bits per heavy atom. The molecule has 0 atom stereocenters. The zero-order valence-electron chi connectivity index (χ0n) is 10.2. The van der Waals surface area contributed by atoms with E-state index >= 15 is 0 Å². The molecule has 1 amide bonds. The second kappa shape index (κ2) is 6.25. The van der Waals surface area contributed by atoms with Crippen molar-refractivity contribution in [3.05, 3.63) is 11.6 Å². The Bertz CT molecular complexity index is 332. The van der Waals surface area contributed by atoms with Gasteiger partial charge in [0.05, 0.1) is 0 Å². The lowest BCUT2D eigenvalue weighted by atomic mass is 10.1. The standard InChI is InChI=1S/C11H20N4O/c1-4-5-9-13-10(15-14-9)11(16)12-7-6-8(2)3/h8H,4-7H2,1-3H3,(H,12,16)(H,13,14,15). The molecule has 1 rings (SSSR count). The molecule has 0 bridgehead atoms. The maximum Gasteiger partial charge on any atom is 0.290 e. The third-order valence-electron chi connectivity index (χ3n) is 2.23. The van der Waals surface area contributed by atoms with Gasteiger partial charge in [-0.1, -0.05) is 20.8 Å². The number of rotatable bonds is 6. The minimum atomic E-state index is -0.195. The van der Waals surface area contributed by atoms with Crippen molar-refractivity contribution in [2.45, 2.75) is 40.0 Å². The lowest BCUT2D eigenvalue weighted by Gasteiger charge is -2.04. The van der Waals surface area contributed by atoms with Crippen LogP contribution in [-0.4, -0.2) is 27.6 Å². The van der Waals surface area contributed by atoms with E-state index in [1.54, 1.807) is 0 Å². The molecule has 0 saturated heterocycles. The molecule has 90 valence electrons. The van der Waals surface area contributed by atoms with E-state index in [1.807, 2.05) is 0 Å². The normalized spacial score (nSPS) is 10.8. The van der Waals surface area contributed by atoms with Crippen molar-refractivity contribution in [3.8, 4) is 0 Å². The molecule has 0 radical (unpaired) electrons. The fraction of sp³-hybridized carbons (Fsp3) is 0.727. The number of H-pyrrole nitrogens is 1. The van der Waals surface area contributed by atoms with Gasteiger partial charge in [-0.2, -0.15) is 0 Å². The summed E-state index contributed by atoms with van der Waals surface area (Å²) in [6.07, 6.45) is 2.79. The van der Waals surface area contributed by atoms with E-state index in [0.29, 0.717) is 12.5 Å². The van der Waals surface area contributed by atoms with Gasteiger partial charge in [-0.05, 0) is 18.8 Å². The van der Waals surface area contributed by atoms with Gasteiger partial charge in [0.2, 0.25) is 5.82 Å². The quantitative estimate of drug-likeness (QED) is 0.769. The zero-order chi connectivity index (χ0) is 12.0. The van der Waals surface area contributed by atoms with Crippen molar-refractivity contribution in [2.24, 2.45) is 5.92 Å². The van der Waals surface area contributed by atoms with Gasteiger partial charge in [0.15, 0.2) is 0 Å². The highest BCUT2D eigenvalue weighted by Gasteiger charge is 2.11. The Hall–Kier alpha value is -1.39. The third kappa shape index (κ3) is 4.00. The molecule has 5 heteroatoms. The van der Waals surface area contributed by atoms with Crippen LogP contribution in [0.25, 0.3) is 0 Å². The van der Waals surface area contributed by atoms with Gasteiger partial charge in [-0.25, -0.2) is 4.98 Å². The molecule has 0 aliphatic rings. The van der Waals surface area contributed by atoms with Gasteiger partial charge in [0, 0.05) is 13.0 Å². The third-order valence-corrected chi connectivity index (χ3v) is 2.23. The van der Waals surface area contributed by atoms with E-state index in [9.17, 15) is 4.79 Å². The predicted molar refractivity (Wildman–Crippen MR) is 62.2 cm³/mol. The molecule has 16 heavy (non-hydrogen) atoms. The summed E-state index contributed by atoms with van der Waals surface area (Å²) in [6, 6.07) is 0. The average molecular weight is 224 g/mol. The van der Waals surface area contributed by atoms with Gasteiger partial charge in [-0.3, -0.25) is 9.89 Å². The maximum atomic E-state index is 11.6. The zero-order valence-corrected chi connectivity index (χ0v) is 10.2. The topological polar surface area (TPSA) is 70.7 Å². The first kappa shape index (κ1) is 12.7. The Balaban J connectivity index is 2.40. The number of hydrogen-bond donors (Lipinski definition) is 2. The van der Waals surface area contributed by atoms with Gasteiger partial charge in [0.1, 0.15) is 5.82 Å². The van der Waals surface area contributed by atoms with Crippen LogP contribution in [-0.2, 0) is 6.42 Å². The van der Waals surface area contributed by atoms with Crippen LogP contribution in [0, 0.1) is 5.92 Å². The summed E-state index contributed by atoms with van der Waals surface area (Å²) < 4.78 is 0. The van der Waals surface area contributed by atoms with E-state index in [0.717, 1.165) is 25.1 Å². The van der Waals surface area contributed by atoms with E-state index < -0.39 is 0 Å². The Kier molecular flexibility index (Phi) is 4.95. The molecule has 2 N–H and O–H groups in total. The molecule has 5 nitrogen and oxygen atoms in total. The fourth-order valence-corrected chi connectivity index (χ4v) is 1.30. The number of aromatic nitrogens is 3. The number of amides is 1. The molecule has 0 aliphatic heterocycles. The molecule has 1 aromatic rings. The summed E-state index contributed by atoms with van der Waals surface area (Å²) in [4.78, 5) is 15.7. The van der Waals surface area contributed by atoms with Crippen LogP contribution >= 0.6 is 0 Å². The SMILES string of the molecule is CCCc1nc(C(=O)NCCC(C)C)n[nH]1. The highest BCUT2D eigenvalue weighted by molar-refractivity contribution is 5.90. The number of carbonyl (C=O) groups excluding carboxylic acids is 1. The number of carbonyl (C=O) groups is 1. The summed E-state index contributed by atoms with van der Waals surface area (Å²) in [6.45, 7) is 6.98. The lowest BCUT2D eigenvalue weighted by molar-refractivity contribution is 0.0942. The Morgan fingerprint density at radius 3 is 2.88 bits per heavy atom. The molecular formula is C11H20N4O. The van der Waals surface area contributed by atoms with Crippen LogP contribution < -0.4 is 5.32 Å². The molecule has 0 saturated carbocycles. The minimum Gasteiger partial charge on any atom is -0.349 e. The number of aromatic amines is 1. The van der Waals surface area contributed by atoms with Crippen LogP contribution in [0.4, 0.5) is 0 Å². The molecule has 0 fully saturated rings. The van der Waals surface area contributed by atoms with E-state index in [1.165, 1.54) is 0 Å². The average Bonchev–Trinajstić information content (AvgIpc) is 2.66. The molecule has 0 aliphatic carbocycles. The monoisotopic (exact) mass is 224 g/mol. The first-order chi connectivity index (χ1) is 7.63. The van der Waals surface area contributed by atoms with Crippen molar-refractivity contribution in [1.29, 1.82) is 0 Å². The molecular weight excluding hydrogens is 204 g/mol. The first-order valence-corrected chi connectivity index (χ1v) is 5.83. The summed E-state index contributed by atoms with van der Waals surface area (Å²) in [7, 11) is 0. The highest BCUT2D eigenvalue weighted by atomic mass is 16.2. The number of hydrogen-bond acceptors (Lipinski definition) is 3. The first-order valence-electron chi connectivity index (χ1n) is 5.83. The number of nitrogens with zero attached hydrogens (tertiary/aromatic N) is 2. The van der Waals surface area contributed by atoms with Crippen LogP contribution in [0.1, 0.15) is 50.1 Å². The van der Waals surface area contributed by atoms with Gasteiger partial charge < -0.3 is 5.32 Å². The van der Waals surface area contributed by atoms with Gasteiger partial charge in [0.25, 0.3) is 5.91 Å². The number of aryl methyl sites for hydroxylation is 1. The van der Waals surface area contributed by atoms with Crippen molar-refractivity contribution in [2.75, 3.05) is 6.54 Å². The molecule has 0 spiro atoms. The van der Waals surface area contributed by atoms with Crippen LogP contribution in [0.3, 0.4) is 0 Å². The molecule has 0 unspecified atom stereocenters. The fourth-order valence-electron chi connectivity index (χ4n) is 1.30. The summed E-state index contributed by atoms with van der Waals surface area (Å²) >= 11 is 0. The van der Waals surface area contributed by atoms with Crippen molar-refractivity contribution in [3.63, 3.8) is 0 Å². The van der Waals surface area contributed by atoms with E-state index in [2.05, 4.69) is 41.3 Å². The van der Waals surface area contributed by atoms with Crippen molar-refractivity contribution in [1.82, 2.24) is 20.5 Å². The summed E-state index contributed by atoms with van der Waals surface area (Å²) in [5.74, 6) is 1.41. The summed E-state index contributed by atoms with van der Waals surface area (Å²) in [5.41, 5.74) is 0. The lowest BCUT2D eigenvalue weighted by Crippen LogP contribution is -2.26. The van der Waals surface area contributed by atoms with Crippen LogP contribution in [0.2, 0.25) is 0 Å². The predicted octanol–water partition coefficient (Wildman–Crippen LogP) is 1.53. The second-order valence-electron chi connectivity index (χ2n) is 4.29. The van der Waals surface area contributed by atoms with Crippen molar-refractivity contribution < 1.29 is 4.79 Å². The van der Waals surface area contributed by atoms with Crippen LogP contribution in [0.15, 0.2) is 0 Å². The summed E-state index contributed by atoms with van der Waals surface area (Å²) in [5, 5.41) is 9.45. The van der Waals surface area contributed by atoms with E-state index in [4.69, 9.17) is 0 Å². The van der Waals surface area contributed by atoms with E-state index in [-0.39, 0.29) is 11.7 Å². The molecule has 1 heterocycles. The largest absolute Gasteiger partial charge is 0.349 e. The highest BCUT2D eigenvalue weighted by Crippen LogP contribution is 1.99. The molecule has 0 aromatic carbocycles. The number of nitrogens with one attached hydrogen (secondary N) is 2. The maximum absolute atomic E-state index is 11.6. The van der Waals surface area contributed by atoms with Crippen molar-refractivity contribution >= 4 is 5.91 Å². The Labute approximate surface area is 96.0 Å². The smallest absolute Gasteiger partial charge is 0.290 e.